The van der Waals surface area contributed by atoms with Crippen LogP contribution in [-0.4, -0.2) is 29.0 Å². The van der Waals surface area contributed by atoms with E-state index >= 15 is 0 Å². The van der Waals surface area contributed by atoms with Crippen LogP contribution >= 0.6 is 0 Å². The van der Waals surface area contributed by atoms with Crippen molar-refractivity contribution in [1.29, 1.82) is 0 Å². The molecule has 0 bridgehead atoms. The molecule has 0 amide bonds. The van der Waals surface area contributed by atoms with Gasteiger partial charge in [0.05, 0.1) is 23.3 Å². The molecule has 1 saturated heterocycles. The van der Waals surface area contributed by atoms with Gasteiger partial charge in [0.1, 0.15) is 0 Å². The van der Waals surface area contributed by atoms with Crippen LogP contribution in [-0.2, 0) is 0 Å². The van der Waals surface area contributed by atoms with E-state index in [-0.39, 0.29) is 11.7 Å². The van der Waals surface area contributed by atoms with Gasteiger partial charge >= 0.3 is 0 Å². The first kappa shape index (κ1) is 14.7. The third-order valence-corrected chi connectivity index (χ3v) is 4.12. The minimum atomic E-state index is 0. The maximum Gasteiger partial charge on any atom is 0.0683 e. The maximum atomic E-state index is 6.06. The Kier molecular flexibility index (Phi) is 4.19. The van der Waals surface area contributed by atoms with Gasteiger partial charge in [-0.1, -0.05) is 0 Å². The number of likely N-dealkylation sites (tertiary alicyclic amines) is 1. The number of hydrogen-bond acceptors (Lipinski definition) is 5. The van der Waals surface area contributed by atoms with Gasteiger partial charge < -0.3 is 22.5 Å². The second-order valence-corrected chi connectivity index (χ2v) is 5.51. The van der Waals surface area contributed by atoms with Crippen molar-refractivity contribution in [3.8, 4) is 0 Å². The predicted molar refractivity (Wildman–Crippen MR) is 76.8 cm³/mol. The first-order chi connectivity index (χ1) is 7.93. The van der Waals surface area contributed by atoms with Crippen LogP contribution in [0.4, 0.5) is 11.4 Å². The topological polar surface area (TPSA) is 103 Å². The number of aromatic nitrogens is 1. The highest BCUT2D eigenvalue weighted by Crippen LogP contribution is 2.40. The summed E-state index contributed by atoms with van der Waals surface area (Å²) in [5, 5.41) is 0. The van der Waals surface area contributed by atoms with Crippen molar-refractivity contribution in [3.05, 3.63) is 18.0 Å². The van der Waals surface area contributed by atoms with E-state index < -0.39 is 0 Å². The lowest BCUT2D eigenvalue weighted by atomic mass is 9.77. The fraction of sp³-hybridized carbons (Fsp3) is 0.615. The highest BCUT2D eigenvalue weighted by molar-refractivity contribution is 5.54. The molecule has 1 aliphatic rings. The van der Waals surface area contributed by atoms with Gasteiger partial charge in [-0.05, 0) is 46.3 Å². The molecular formula is C13H25N5. The number of nitrogens with zero attached hydrogens (tertiary/aromatic N) is 2. The molecule has 18 heavy (non-hydrogen) atoms. The molecule has 0 saturated carbocycles. The lowest BCUT2D eigenvalue weighted by molar-refractivity contribution is 0.0811. The molecule has 0 radical (unpaired) electrons. The number of hydrogen-bond donors (Lipinski definition) is 3. The number of pyridine rings is 1. The molecule has 2 heterocycles. The van der Waals surface area contributed by atoms with Crippen molar-refractivity contribution in [3.63, 3.8) is 0 Å². The average Bonchev–Trinajstić information content (AvgIpc) is 2.23. The van der Waals surface area contributed by atoms with Crippen molar-refractivity contribution in [2.45, 2.75) is 38.1 Å². The van der Waals surface area contributed by atoms with Crippen LogP contribution in [0.5, 0.6) is 0 Å². The number of nitrogens with two attached hydrogens (primary N) is 2. The van der Waals surface area contributed by atoms with Gasteiger partial charge in [-0.3, -0.25) is 4.98 Å². The summed E-state index contributed by atoms with van der Waals surface area (Å²) >= 11 is 0. The van der Waals surface area contributed by atoms with Crippen LogP contribution in [0.25, 0.3) is 0 Å². The molecule has 1 aliphatic heterocycles. The fourth-order valence-corrected chi connectivity index (χ4v) is 2.71. The van der Waals surface area contributed by atoms with E-state index in [1.165, 1.54) is 6.42 Å². The van der Waals surface area contributed by atoms with Gasteiger partial charge in [-0.15, -0.1) is 0 Å². The van der Waals surface area contributed by atoms with Crippen LogP contribution in [0, 0.1) is 0 Å². The van der Waals surface area contributed by atoms with E-state index in [9.17, 15) is 0 Å². The van der Waals surface area contributed by atoms with E-state index in [1.807, 2.05) is 6.07 Å². The monoisotopic (exact) mass is 251 g/mol. The molecule has 1 fully saturated rings. The van der Waals surface area contributed by atoms with Gasteiger partial charge in [-0.25, -0.2) is 0 Å². The Balaban J connectivity index is 0.00000162. The Bertz CT molecular complexity index is 416. The maximum absolute atomic E-state index is 6.06. The molecule has 7 N–H and O–H groups in total. The molecular weight excluding hydrogens is 226 g/mol. The Labute approximate surface area is 109 Å². The second-order valence-electron chi connectivity index (χ2n) is 5.51. The van der Waals surface area contributed by atoms with Crippen LogP contribution < -0.4 is 17.6 Å². The zero-order chi connectivity index (χ0) is 12.6. The minimum Gasteiger partial charge on any atom is -0.397 e. The van der Waals surface area contributed by atoms with Crippen molar-refractivity contribution in [2.75, 3.05) is 25.1 Å². The summed E-state index contributed by atoms with van der Waals surface area (Å²) in [5.41, 5.74) is 14.2. The molecule has 1 aromatic rings. The quantitative estimate of drug-likeness (QED) is 0.708. The van der Waals surface area contributed by atoms with Gasteiger partial charge in [0.15, 0.2) is 0 Å². The molecule has 1 aromatic heterocycles. The molecule has 1 atom stereocenters. The zero-order valence-corrected chi connectivity index (χ0v) is 11.6. The Hall–Kier alpha value is -1.33. The molecule has 5 nitrogen and oxygen atoms in total. The normalized spacial score (nSPS) is 23.4. The summed E-state index contributed by atoms with van der Waals surface area (Å²) in [6.07, 6.45) is 4.03. The van der Waals surface area contributed by atoms with E-state index in [0.717, 1.165) is 24.3 Å². The third-order valence-electron chi connectivity index (χ3n) is 4.12. The van der Waals surface area contributed by atoms with E-state index in [1.54, 1.807) is 6.20 Å². The SMILES string of the molecule is CN1CCCC(c2ncc(N)cc2N)C1(C)C.N. The number of likely N-dealkylation sites (N-methyl/N-ethyl adjacent to an activating group) is 1. The average molecular weight is 251 g/mol. The van der Waals surface area contributed by atoms with E-state index in [2.05, 4.69) is 30.8 Å². The molecule has 0 spiro atoms. The predicted octanol–water partition coefficient (Wildman–Crippen LogP) is 2.00. The second kappa shape index (κ2) is 5.12. The van der Waals surface area contributed by atoms with E-state index in [0.29, 0.717) is 11.6 Å². The van der Waals surface area contributed by atoms with Gasteiger partial charge in [0.2, 0.25) is 0 Å². The van der Waals surface area contributed by atoms with Gasteiger partial charge in [0.25, 0.3) is 0 Å². The van der Waals surface area contributed by atoms with Gasteiger partial charge in [0, 0.05) is 11.5 Å². The number of nitrogen functional groups attached to an aromatic ring is 2. The zero-order valence-electron chi connectivity index (χ0n) is 11.6. The lowest BCUT2D eigenvalue weighted by Crippen LogP contribution is -2.50. The summed E-state index contributed by atoms with van der Waals surface area (Å²) in [5.74, 6) is 0.377. The fourth-order valence-electron chi connectivity index (χ4n) is 2.71. The number of piperidine rings is 1. The highest BCUT2D eigenvalue weighted by atomic mass is 15.2. The first-order valence-corrected chi connectivity index (χ1v) is 6.15. The summed E-state index contributed by atoms with van der Waals surface area (Å²) in [6.45, 7) is 5.65. The van der Waals surface area contributed by atoms with Crippen molar-refractivity contribution in [2.24, 2.45) is 0 Å². The standard InChI is InChI=1S/C13H22N4.H3N/c1-13(2)10(5-4-6-17(13)3)12-11(15)7-9(14)8-16-12;/h7-8,10H,4-6,14-15H2,1-3H3;1H3. The molecule has 2 rings (SSSR count). The smallest absolute Gasteiger partial charge is 0.0683 e. The Morgan fingerprint density at radius 1 is 1.39 bits per heavy atom. The Morgan fingerprint density at radius 3 is 2.67 bits per heavy atom. The van der Waals surface area contributed by atoms with Crippen LogP contribution in [0.2, 0.25) is 0 Å². The van der Waals surface area contributed by atoms with Crippen molar-refractivity contribution >= 4 is 11.4 Å². The number of anilines is 2. The van der Waals surface area contributed by atoms with Crippen LogP contribution in [0.15, 0.2) is 12.3 Å². The molecule has 0 aliphatic carbocycles. The molecule has 102 valence electrons. The van der Waals surface area contributed by atoms with Crippen molar-refractivity contribution in [1.82, 2.24) is 16.0 Å². The molecule has 1 unspecified atom stereocenters. The number of rotatable bonds is 1. The van der Waals surface area contributed by atoms with Gasteiger partial charge in [-0.2, -0.15) is 0 Å². The first-order valence-electron chi connectivity index (χ1n) is 6.15. The van der Waals surface area contributed by atoms with Crippen LogP contribution in [0.1, 0.15) is 38.3 Å². The minimum absolute atomic E-state index is 0. The lowest BCUT2D eigenvalue weighted by Gasteiger charge is -2.46. The Morgan fingerprint density at radius 2 is 2.06 bits per heavy atom. The highest BCUT2D eigenvalue weighted by Gasteiger charge is 2.38. The summed E-state index contributed by atoms with van der Waals surface area (Å²) in [7, 11) is 2.17. The largest absolute Gasteiger partial charge is 0.397 e. The molecule has 0 aromatic carbocycles. The summed E-state index contributed by atoms with van der Waals surface area (Å²) in [6, 6.07) is 1.81. The van der Waals surface area contributed by atoms with Crippen LogP contribution in [0.3, 0.4) is 0 Å². The third kappa shape index (κ3) is 2.42. The van der Waals surface area contributed by atoms with E-state index in [4.69, 9.17) is 11.5 Å². The summed E-state index contributed by atoms with van der Waals surface area (Å²) in [4.78, 5) is 6.84. The molecule has 5 heteroatoms. The summed E-state index contributed by atoms with van der Waals surface area (Å²) < 4.78 is 0. The van der Waals surface area contributed by atoms with Crippen molar-refractivity contribution < 1.29 is 0 Å².